The predicted molar refractivity (Wildman–Crippen MR) is 167 cm³/mol. The van der Waals surface area contributed by atoms with E-state index in [0.29, 0.717) is 46.0 Å². The van der Waals surface area contributed by atoms with Crippen LogP contribution in [0.3, 0.4) is 0 Å². The van der Waals surface area contributed by atoms with Crippen LogP contribution in [0.1, 0.15) is 35.2 Å². The molecule has 1 aromatic heterocycles. The lowest BCUT2D eigenvalue weighted by Crippen LogP contribution is -2.31. The molecule has 0 bridgehead atoms. The lowest BCUT2D eigenvalue weighted by Gasteiger charge is -2.28. The summed E-state index contributed by atoms with van der Waals surface area (Å²) < 4.78 is 22.0. The van der Waals surface area contributed by atoms with E-state index in [1.165, 1.54) is 23.4 Å². The number of thioether (sulfide) groups is 1. The van der Waals surface area contributed by atoms with Crippen molar-refractivity contribution in [1.82, 2.24) is 14.8 Å². The zero-order valence-corrected chi connectivity index (χ0v) is 24.6. The molecule has 1 amide bonds. The van der Waals surface area contributed by atoms with Crippen molar-refractivity contribution in [2.24, 2.45) is 0 Å². The number of carbonyl (C=O) groups excluding carboxylic acids is 1. The Morgan fingerprint density at radius 2 is 1.74 bits per heavy atom. The number of carbonyl (C=O) groups is 1. The summed E-state index contributed by atoms with van der Waals surface area (Å²) in [5.74, 6) is 1.09. The molecule has 6 rings (SSSR count). The molecule has 43 heavy (non-hydrogen) atoms. The highest BCUT2D eigenvalue weighted by molar-refractivity contribution is 7.98. The molecule has 0 aliphatic carbocycles. The third kappa shape index (κ3) is 6.47. The molecular weight excluding hydrogens is 561 g/mol. The molecule has 0 fully saturated rings. The Morgan fingerprint density at radius 3 is 2.51 bits per heavy atom. The maximum absolute atomic E-state index is 14.2. The number of fused-ring (bicyclic) bond motifs is 1. The molecule has 7 nitrogen and oxygen atoms in total. The van der Waals surface area contributed by atoms with Gasteiger partial charge >= 0.3 is 0 Å². The van der Waals surface area contributed by atoms with Crippen molar-refractivity contribution in [2.75, 3.05) is 10.6 Å². The highest BCUT2D eigenvalue weighted by Gasteiger charge is 2.34. The second-order valence-electron chi connectivity index (χ2n) is 10.3. The monoisotopic (exact) mass is 591 g/mol. The number of ether oxygens (including phenoxy) is 1. The molecule has 0 spiro atoms. The van der Waals surface area contributed by atoms with Gasteiger partial charge in [0, 0.05) is 17.1 Å². The minimum absolute atomic E-state index is 0.248. The SMILES string of the molecule is CC1=C(C(=O)Nc2ccccc2)C(c2ccc(OCc3cccc(C)c3)cc2)n2nc(SCc3ccccc3F)nc2N1. The van der Waals surface area contributed by atoms with Crippen molar-refractivity contribution in [3.8, 4) is 5.75 Å². The first-order valence-electron chi connectivity index (χ1n) is 13.9. The molecule has 1 aliphatic rings. The second-order valence-corrected chi connectivity index (χ2v) is 11.2. The Kier molecular flexibility index (Phi) is 8.24. The molecule has 1 atom stereocenters. The number of benzene rings is 4. The Hall–Kier alpha value is -4.89. The van der Waals surface area contributed by atoms with E-state index in [2.05, 4.69) is 34.7 Å². The van der Waals surface area contributed by atoms with E-state index in [1.807, 2.05) is 73.7 Å². The molecule has 1 aliphatic heterocycles. The van der Waals surface area contributed by atoms with Crippen LogP contribution in [0.5, 0.6) is 5.75 Å². The number of rotatable bonds is 9. The lowest BCUT2D eigenvalue weighted by atomic mass is 9.95. The van der Waals surface area contributed by atoms with E-state index in [0.717, 1.165) is 16.9 Å². The van der Waals surface area contributed by atoms with Gasteiger partial charge in [0.2, 0.25) is 11.1 Å². The fourth-order valence-corrected chi connectivity index (χ4v) is 5.80. The topological polar surface area (TPSA) is 81.1 Å². The standard InChI is InChI=1S/C34H30FN5O2S/c1-22-9-8-10-24(19-22)20-42-28-17-15-25(16-18-28)31-30(32(41)37-27-12-4-3-5-13-27)23(2)36-33-38-34(39-40(31)33)43-21-26-11-6-7-14-29(26)35/h3-19,31H,20-21H2,1-2H3,(H,37,41)(H,36,38,39). The van der Waals surface area contributed by atoms with Crippen molar-refractivity contribution in [3.63, 3.8) is 0 Å². The van der Waals surface area contributed by atoms with Gasteiger partial charge in [-0.15, -0.1) is 5.10 Å². The molecule has 0 radical (unpaired) electrons. The van der Waals surface area contributed by atoms with Crippen molar-refractivity contribution >= 4 is 29.3 Å². The maximum atomic E-state index is 14.2. The van der Waals surface area contributed by atoms with Crippen LogP contribution in [0.25, 0.3) is 0 Å². The summed E-state index contributed by atoms with van der Waals surface area (Å²) >= 11 is 1.34. The molecule has 2 N–H and O–H groups in total. The first-order valence-corrected chi connectivity index (χ1v) is 14.9. The van der Waals surface area contributed by atoms with Gasteiger partial charge in [-0.25, -0.2) is 9.07 Å². The molecule has 216 valence electrons. The number of allylic oxidation sites excluding steroid dienone is 1. The minimum Gasteiger partial charge on any atom is -0.489 e. The Balaban J connectivity index is 1.29. The van der Waals surface area contributed by atoms with Crippen molar-refractivity contribution in [1.29, 1.82) is 0 Å². The zero-order chi connectivity index (χ0) is 29.8. The van der Waals surface area contributed by atoms with E-state index >= 15 is 0 Å². The highest BCUT2D eigenvalue weighted by atomic mass is 32.2. The number of hydrogen-bond acceptors (Lipinski definition) is 6. The number of aryl methyl sites for hydroxylation is 1. The number of amides is 1. The fraction of sp³-hybridized carbons (Fsp3) is 0.147. The van der Waals surface area contributed by atoms with Crippen molar-refractivity contribution in [2.45, 2.75) is 37.4 Å². The third-order valence-corrected chi connectivity index (χ3v) is 7.99. The van der Waals surface area contributed by atoms with Crippen LogP contribution >= 0.6 is 11.8 Å². The van der Waals surface area contributed by atoms with Crippen LogP contribution in [0.2, 0.25) is 0 Å². The Labute approximate surface area is 253 Å². The summed E-state index contributed by atoms with van der Waals surface area (Å²) in [4.78, 5) is 18.4. The zero-order valence-electron chi connectivity index (χ0n) is 23.8. The number of aromatic nitrogens is 3. The van der Waals surface area contributed by atoms with Gasteiger partial charge in [-0.2, -0.15) is 4.98 Å². The normalized spacial score (nSPS) is 14.2. The summed E-state index contributed by atoms with van der Waals surface area (Å²) in [6.45, 7) is 4.37. The second kappa shape index (κ2) is 12.5. The van der Waals surface area contributed by atoms with Gasteiger partial charge in [0.25, 0.3) is 5.91 Å². The summed E-state index contributed by atoms with van der Waals surface area (Å²) in [5, 5.41) is 11.5. The molecule has 5 aromatic rings. The molecule has 0 saturated carbocycles. The summed E-state index contributed by atoms with van der Waals surface area (Å²) in [5.41, 5.74) is 5.57. The third-order valence-electron chi connectivity index (χ3n) is 7.11. The average Bonchev–Trinajstić information content (AvgIpc) is 3.42. The molecule has 9 heteroatoms. The van der Waals surface area contributed by atoms with Crippen LogP contribution in [0.15, 0.2) is 120 Å². The van der Waals surface area contributed by atoms with Crippen LogP contribution in [-0.2, 0) is 17.2 Å². The Morgan fingerprint density at radius 1 is 0.977 bits per heavy atom. The Bertz CT molecular complexity index is 1790. The summed E-state index contributed by atoms with van der Waals surface area (Å²) in [7, 11) is 0. The average molecular weight is 592 g/mol. The van der Waals surface area contributed by atoms with E-state index in [1.54, 1.807) is 22.9 Å². The van der Waals surface area contributed by atoms with Gasteiger partial charge in [0.15, 0.2) is 0 Å². The van der Waals surface area contributed by atoms with E-state index in [-0.39, 0.29) is 11.7 Å². The quantitative estimate of drug-likeness (QED) is 0.173. The van der Waals surface area contributed by atoms with Gasteiger partial charge in [0.05, 0.1) is 5.57 Å². The smallest absolute Gasteiger partial charge is 0.255 e. The van der Waals surface area contributed by atoms with Gasteiger partial charge in [-0.05, 0) is 60.9 Å². The summed E-state index contributed by atoms with van der Waals surface area (Å²) in [6.07, 6.45) is 0. The highest BCUT2D eigenvalue weighted by Crippen LogP contribution is 2.37. The van der Waals surface area contributed by atoms with Crippen LogP contribution in [0, 0.1) is 12.7 Å². The first-order chi connectivity index (χ1) is 20.9. The van der Waals surface area contributed by atoms with Crippen LogP contribution in [0.4, 0.5) is 16.0 Å². The lowest BCUT2D eigenvalue weighted by molar-refractivity contribution is -0.113. The fourth-order valence-electron chi connectivity index (χ4n) is 4.99. The first kappa shape index (κ1) is 28.2. The van der Waals surface area contributed by atoms with Crippen molar-refractivity contribution < 1.29 is 13.9 Å². The minimum atomic E-state index is -0.555. The van der Waals surface area contributed by atoms with Gasteiger partial charge in [0.1, 0.15) is 24.2 Å². The predicted octanol–water partition coefficient (Wildman–Crippen LogP) is 7.52. The number of nitrogens with one attached hydrogen (secondary N) is 2. The molecule has 0 saturated heterocycles. The maximum Gasteiger partial charge on any atom is 0.255 e. The van der Waals surface area contributed by atoms with Gasteiger partial charge in [-0.3, -0.25) is 4.79 Å². The van der Waals surface area contributed by atoms with Crippen molar-refractivity contribution in [3.05, 3.63) is 142 Å². The van der Waals surface area contributed by atoms with E-state index < -0.39 is 6.04 Å². The molecule has 1 unspecified atom stereocenters. The molecule has 2 heterocycles. The number of halogens is 1. The van der Waals surface area contributed by atoms with Gasteiger partial charge < -0.3 is 15.4 Å². The van der Waals surface area contributed by atoms with E-state index in [4.69, 9.17) is 9.84 Å². The number of anilines is 2. The van der Waals surface area contributed by atoms with Gasteiger partial charge in [-0.1, -0.05) is 90.1 Å². The summed E-state index contributed by atoms with van der Waals surface area (Å²) in [6, 6.07) is 31.4. The number of hydrogen-bond donors (Lipinski definition) is 2. The van der Waals surface area contributed by atoms with E-state index in [9.17, 15) is 9.18 Å². The molecule has 4 aromatic carbocycles. The van der Waals surface area contributed by atoms with Crippen LogP contribution in [-0.4, -0.2) is 20.7 Å². The largest absolute Gasteiger partial charge is 0.489 e. The number of para-hydroxylation sites is 1. The number of nitrogens with zero attached hydrogens (tertiary/aromatic N) is 3. The molecular formula is C34H30FN5O2S. The van der Waals surface area contributed by atoms with Crippen LogP contribution < -0.4 is 15.4 Å².